The summed E-state index contributed by atoms with van der Waals surface area (Å²) in [4.78, 5) is 13.6. The number of aliphatic carboxylic acids is 1. The molecule has 0 aromatic heterocycles. The van der Waals surface area contributed by atoms with Crippen molar-refractivity contribution in [3.05, 3.63) is 0 Å². The molecule has 4 heteroatoms. The first-order chi connectivity index (χ1) is 7.26. The van der Waals surface area contributed by atoms with Gasteiger partial charge in [0.25, 0.3) is 0 Å². The van der Waals surface area contributed by atoms with Crippen LogP contribution in [-0.2, 0) is 9.53 Å². The molecule has 0 radical (unpaired) electrons. The Morgan fingerprint density at radius 1 is 1.20 bits per heavy atom. The number of carbonyl (C=O) groups is 1. The highest BCUT2D eigenvalue weighted by Gasteiger charge is 2.45. The first-order valence-corrected chi connectivity index (χ1v) is 5.82. The molecule has 2 fully saturated rings. The van der Waals surface area contributed by atoms with E-state index in [1.165, 1.54) is 6.42 Å². The molecule has 2 aliphatic rings. The van der Waals surface area contributed by atoms with Crippen LogP contribution >= 0.6 is 0 Å². The highest BCUT2D eigenvalue weighted by Crippen LogP contribution is 2.29. The molecule has 0 aliphatic carbocycles. The molecule has 1 unspecified atom stereocenters. The summed E-state index contributed by atoms with van der Waals surface area (Å²) in [6, 6.07) is 0. The van der Waals surface area contributed by atoms with E-state index < -0.39 is 11.5 Å². The molecule has 2 rings (SSSR count). The van der Waals surface area contributed by atoms with E-state index in [0.29, 0.717) is 13.2 Å². The van der Waals surface area contributed by atoms with Gasteiger partial charge in [-0.15, -0.1) is 0 Å². The summed E-state index contributed by atoms with van der Waals surface area (Å²) >= 11 is 0. The summed E-state index contributed by atoms with van der Waals surface area (Å²) in [6.45, 7) is 2.90. The Morgan fingerprint density at radius 3 is 2.47 bits per heavy atom. The maximum Gasteiger partial charge on any atom is 0.326 e. The average Bonchev–Trinajstić information content (AvgIpc) is 2.31. The Labute approximate surface area is 90.2 Å². The first kappa shape index (κ1) is 10.9. The molecule has 15 heavy (non-hydrogen) atoms. The van der Waals surface area contributed by atoms with Gasteiger partial charge in [-0.05, 0) is 38.8 Å². The Balaban J connectivity index is 2.12. The summed E-state index contributed by atoms with van der Waals surface area (Å²) in [7, 11) is 0. The Kier molecular flexibility index (Phi) is 3.26. The van der Waals surface area contributed by atoms with E-state index in [0.717, 1.165) is 38.8 Å². The Bertz CT molecular complexity index is 230. The maximum atomic E-state index is 11.5. The van der Waals surface area contributed by atoms with Gasteiger partial charge in [-0.1, -0.05) is 6.42 Å². The Hall–Kier alpha value is -0.610. The number of nitrogens with zero attached hydrogens (tertiary/aromatic N) is 1. The molecule has 0 aromatic rings. The standard InChI is InChI=1S/C11H19NO3/c13-10(14)11(5-4-8-15-9-11)12-6-2-1-3-7-12/h1-9H2,(H,13,14). The van der Waals surface area contributed by atoms with Crippen LogP contribution in [0.25, 0.3) is 0 Å². The molecule has 1 atom stereocenters. The first-order valence-electron chi connectivity index (χ1n) is 5.82. The Morgan fingerprint density at radius 2 is 1.93 bits per heavy atom. The molecule has 4 nitrogen and oxygen atoms in total. The zero-order valence-electron chi connectivity index (χ0n) is 9.07. The summed E-state index contributed by atoms with van der Waals surface area (Å²) in [5.41, 5.74) is -0.724. The number of piperidine rings is 1. The summed E-state index contributed by atoms with van der Waals surface area (Å²) in [5, 5.41) is 9.42. The lowest BCUT2D eigenvalue weighted by atomic mass is 9.88. The van der Waals surface area contributed by atoms with Crippen molar-refractivity contribution in [3.8, 4) is 0 Å². The fourth-order valence-corrected chi connectivity index (χ4v) is 2.66. The molecule has 2 saturated heterocycles. The van der Waals surface area contributed by atoms with Gasteiger partial charge in [-0.25, -0.2) is 0 Å². The van der Waals surface area contributed by atoms with E-state index >= 15 is 0 Å². The highest BCUT2D eigenvalue weighted by molar-refractivity contribution is 5.79. The SMILES string of the molecule is O=C(O)C1(N2CCCCC2)CCCOC1. The fraction of sp³-hybridized carbons (Fsp3) is 0.909. The summed E-state index contributed by atoms with van der Waals surface area (Å²) in [6.07, 6.45) is 5.07. The van der Waals surface area contributed by atoms with Crippen LogP contribution in [0.1, 0.15) is 32.1 Å². The normalized spacial score (nSPS) is 33.9. The lowest BCUT2D eigenvalue weighted by molar-refractivity contribution is -0.163. The summed E-state index contributed by atoms with van der Waals surface area (Å²) < 4.78 is 5.38. The van der Waals surface area contributed by atoms with Crippen LogP contribution in [0.15, 0.2) is 0 Å². The number of hydrogen-bond donors (Lipinski definition) is 1. The molecule has 2 aliphatic heterocycles. The lowest BCUT2D eigenvalue weighted by Crippen LogP contribution is -2.60. The van der Waals surface area contributed by atoms with Gasteiger partial charge in [-0.3, -0.25) is 9.69 Å². The molecule has 0 saturated carbocycles. The van der Waals surface area contributed by atoms with Crippen LogP contribution in [0, 0.1) is 0 Å². The number of hydrogen-bond acceptors (Lipinski definition) is 3. The predicted molar refractivity (Wildman–Crippen MR) is 55.8 cm³/mol. The molecule has 2 heterocycles. The fourth-order valence-electron chi connectivity index (χ4n) is 2.66. The molecule has 1 N–H and O–H groups in total. The number of likely N-dealkylation sites (tertiary alicyclic amines) is 1. The molecular weight excluding hydrogens is 194 g/mol. The molecule has 0 spiro atoms. The lowest BCUT2D eigenvalue weighted by Gasteiger charge is -2.44. The van der Waals surface area contributed by atoms with Crippen molar-refractivity contribution >= 4 is 5.97 Å². The van der Waals surface area contributed by atoms with Crippen molar-refractivity contribution in [2.24, 2.45) is 0 Å². The minimum Gasteiger partial charge on any atom is -0.480 e. The van der Waals surface area contributed by atoms with Crippen molar-refractivity contribution < 1.29 is 14.6 Å². The zero-order valence-corrected chi connectivity index (χ0v) is 9.07. The van der Waals surface area contributed by atoms with Crippen molar-refractivity contribution in [2.45, 2.75) is 37.6 Å². The average molecular weight is 213 g/mol. The van der Waals surface area contributed by atoms with Gasteiger partial charge >= 0.3 is 5.97 Å². The minimum atomic E-state index is -0.724. The second-order valence-corrected chi connectivity index (χ2v) is 4.54. The highest BCUT2D eigenvalue weighted by atomic mass is 16.5. The molecule has 0 bridgehead atoms. The zero-order chi connectivity index (χ0) is 10.7. The topological polar surface area (TPSA) is 49.8 Å². The number of rotatable bonds is 2. The predicted octanol–water partition coefficient (Wildman–Crippen LogP) is 1.11. The third-order valence-corrected chi connectivity index (χ3v) is 3.58. The van der Waals surface area contributed by atoms with Crippen LogP contribution in [-0.4, -0.2) is 47.8 Å². The van der Waals surface area contributed by atoms with Gasteiger partial charge in [0.1, 0.15) is 5.54 Å². The van der Waals surface area contributed by atoms with Gasteiger partial charge in [0, 0.05) is 6.61 Å². The van der Waals surface area contributed by atoms with E-state index in [9.17, 15) is 9.90 Å². The maximum absolute atomic E-state index is 11.5. The van der Waals surface area contributed by atoms with Crippen LogP contribution < -0.4 is 0 Å². The molecule has 86 valence electrons. The third kappa shape index (κ3) is 2.01. The molecule has 0 aromatic carbocycles. The van der Waals surface area contributed by atoms with Gasteiger partial charge in [0.2, 0.25) is 0 Å². The van der Waals surface area contributed by atoms with Gasteiger partial charge < -0.3 is 9.84 Å². The number of carboxylic acids is 1. The van der Waals surface area contributed by atoms with Gasteiger partial charge in [0.05, 0.1) is 6.61 Å². The minimum absolute atomic E-state index is 0.363. The van der Waals surface area contributed by atoms with Crippen LogP contribution in [0.2, 0.25) is 0 Å². The van der Waals surface area contributed by atoms with E-state index in [2.05, 4.69) is 4.90 Å². The van der Waals surface area contributed by atoms with Crippen molar-refractivity contribution in [1.29, 1.82) is 0 Å². The van der Waals surface area contributed by atoms with Crippen molar-refractivity contribution in [3.63, 3.8) is 0 Å². The molecular formula is C11H19NO3. The van der Waals surface area contributed by atoms with Crippen LogP contribution in [0.3, 0.4) is 0 Å². The molecule has 0 amide bonds. The number of ether oxygens (including phenoxy) is 1. The smallest absolute Gasteiger partial charge is 0.326 e. The van der Waals surface area contributed by atoms with Crippen LogP contribution in [0.5, 0.6) is 0 Å². The van der Waals surface area contributed by atoms with E-state index in [1.54, 1.807) is 0 Å². The van der Waals surface area contributed by atoms with Crippen molar-refractivity contribution in [1.82, 2.24) is 4.90 Å². The second-order valence-electron chi connectivity index (χ2n) is 4.54. The quantitative estimate of drug-likeness (QED) is 0.746. The van der Waals surface area contributed by atoms with E-state index in [4.69, 9.17) is 4.74 Å². The van der Waals surface area contributed by atoms with E-state index in [1.807, 2.05) is 0 Å². The van der Waals surface area contributed by atoms with Crippen LogP contribution in [0.4, 0.5) is 0 Å². The van der Waals surface area contributed by atoms with Crippen molar-refractivity contribution in [2.75, 3.05) is 26.3 Å². The van der Waals surface area contributed by atoms with Gasteiger partial charge in [0.15, 0.2) is 0 Å². The second kappa shape index (κ2) is 4.49. The summed E-state index contributed by atoms with van der Waals surface area (Å²) in [5.74, 6) is -0.705. The number of carboxylic acid groups (broad SMARTS) is 1. The van der Waals surface area contributed by atoms with Gasteiger partial charge in [-0.2, -0.15) is 0 Å². The third-order valence-electron chi connectivity index (χ3n) is 3.58. The van der Waals surface area contributed by atoms with E-state index in [-0.39, 0.29) is 0 Å². The monoisotopic (exact) mass is 213 g/mol. The largest absolute Gasteiger partial charge is 0.480 e.